The molecule has 0 aromatic heterocycles. The Morgan fingerprint density at radius 3 is 2.42 bits per heavy atom. The van der Waals surface area contributed by atoms with E-state index in [1.807, 2.05) is 52.8 Å². The molecule has 3 heteroatoms. The quantitative estimate of drug-likeness (QED) is 0.346. The Balaban J connectivity index is 4.63. The molecule has 0 heterocycles. The van der Waals surface area contributed by atoms with Crippen LogP contribution in [0.4, 0.5) is 0 Å². The Labute approximate surface area is 116 Å². The first-order chi connectivity index (χ1) is 8.80. The summed E-state index contributed by atoms with van der Waals surface area (Å²) in [6.07, 6.45) is 9.09. The molecule has 1 N–H and O–H groups in total. The highest BCUT2D eigenvalue weighted by atomic mass is 16.6. The van der Waals surface area contributed by atoms with Crippen molar-refractivity contribution in [2.75, 3.05) is 6.61 Å². The van der Waals surface area contributed by atoms with Gasteiger partial charge in [-0.2, -0.15) is 0 Å². The third kappa shape index (κ3) is 9.25. The number of hydrogen-bond donors (Lipinski definition) is 1. The molecule has 0 aliphatic rings. The lowest BCUT2D eigenvalue weighted by Gasteiger charge is -2.19. The van der Waals surface area contributed by atoms with Gasteiger partial charge in [-0.1, -0.05) is 23.8 Å². The van der Waals surface area contributed by atoms with Crippen molar-refractivity contribution in [2.24, 2.45) is 0 Å². The van der Waals surface area contributed by atoms with E-state index in [0.717, 1.165) is 18.4 Å². The summed E-state index contributed by atoms with van der Waals surface area (Å²) >= 11 is 0. The van der Waals surface area contributed by atoms with Crippen LogP contribution in [0.15, 0.2) is 35.5 Å². The third-order valence-electron chi connectivity index (χ3n) is 2.24. The van der Waals surface area contributed by atoms with Crippen LogP contribution < -0.4 is 0 Å². The van der Waals surface area contributed by atoms with E-state index in [2.05, 4.69) is 0 Å². The summed E-state index contributed by atoms with van der Waals surface area (Å²) in [6.45, 7) is 9.50. The molecule has 0 bridgehead atoms. The highest BCUT2D eigenvalue weighted by Crippen LogP contribution is 2.13. The van der Waals surface area contributed by atoms with Crippen LogP contribution in [0, 0.1) is 0 Å². The highest BCUT2D eigenvalue weighted by molar-refractivity contribution is 5.92. The second-order valence-electron chi connectivity index (χ2n) is 5.40. The number of esters is 1. The lowest BCUT2D eigenvalue weighted by molar-refractivity contribution is -0.149. The van der Waals surface area contributed by atoms with Gasteiger partial charge in [0, 0.05) is 6.61 Å². The number of rotatable bonds is 6. The molecule has 0 aliphatic heterocycles. The van der Waals surface area contributed by atoms with Crippen LogP contribution in [0.3, 0.4) is 0 Å². The van der Waals surface area contributed by atoms with E-state index in [4.69, 9.17) is 9.84 Å². The van der Waals surface area contributed by atoms with Crippen LogP contribution in [0.5, 0.6) is 0 Å². The summed E-state index contributed by atoms with van der Waals surface area (Å²) in [5.74, 6) is -0.307. The van der Waals surface area contributed by atoms with Gasteiger partial charge in [-0.25, -0.2) is 4.79 Å². The maximum absolute atomic E-state index is 11.9. The van der Waals surface area contributed by atoms with Crippen molar-refractivity contribution < 1.29 is 14.6 Å². The normalized spacial score (nSPS) is 14.0. The Hall–Kier alpha value is -1.35. The van der Waals surface area contributed by atoms with Gasteiger partial charge in [-0.05, 0) is 53.5 Å². The Morgan fingerprint density at radius 1 is 1.32 bits per heavy atom. The number of carbonyl (C=O) groups is 1. The van der Waals surface area contributed by atoms with Gasteiger partial charge in [0.2, 0.25) is 0 Å². The summed E-state index contributed by atoms with van der Waals surface area (Å²) in [5.41, 5.74) is 1.06. The van der Waals surface area contributed by atoms with Gasteiger partial charge < -0.3 is 9.84 Å². The first kappa shape index (κ1) is 17.6. The van der Waals surface area contributed by atoms with Crippen molar-refractivity contribution in [3.8, 4) is 0 Å². The monoisotopic (exact) mass is 266 g/mol. The molecule has 0 unspecified atom stereocenters. The molecule has 0 atom stereocenters. The van der Waals surface area contributed by atoms with Crippen molar-refractivity contribution in [1.29, 1.82) is 0 Å². The minimum atomic E-state index is -0.482. The molecule has 0 aliphatic carbocycles. The molecule has 0 rings (SSSR count). The summed E-state index contributed by atoms with van der Waals surface area (Å²) in [6, 6.07) is 0. The Bertz CT molecular complexity index is 368. The zero-order valence-corrected chi connectivity index (χ0v) is 12.7. The molecular formula is C16H26O3. The standard InChI is InChI=1S/C16H26O3/c1-6-14(15(18)19-16(3,4)5)12-13(2)10-8-7-9-11-17/h6,8,10,12,17H,7,9,11H2,1-5H3. The SMILES string of the molecule is CC=C(C=C(C)C=CCCCO)C(=O)OC(C)(C)C. The lowest BCUT2D eigenvalue weighted by atomic mass is 10.1. The fraction of sp³-hybridized carbons (Fsp3) is 0.562. The Kier molecular flexibility index (Phi) is 8.08. The van der Waals surface area contributed by atoms with E-state index in [-0.39, 0.29) is 12.6 Å². The molecule has 0 aromatic rings. The minimum Gasteiger partial charge on any atom is -0.456 e. The predicted molar refractivity (Wildman–Crippen MR) is 78.8 cm³/mol. The molecule has 19 heavy (non-hydrogen) atoms. The van der Waals surface area contributed by atoms with Gasteiger partial charge in [0.05, 0.1) is 5.57 Å². The maximum Gasteiger partial charge on any atom is 0.338 e. The van der Waals surface area contributed by atoms with E-state index in [1.165, 1.54) is 0 Å². The van der Waals surface area contributed by atoms with Crippen LogP contribution in [0.25, 0.3) is 0 Å². The van der Waals surface area contributed by atoms with Gasteiger partial charge in [-0.3, -0.25) is 0 Å². The molecule has 0 aromatic carbocycles. The predicted octanol–water partition coefficient (Wildman–Crippen LogP) is 3.55. The number of hydrogen-bond acceptors (Lipinski definition) is 3. The molecular weight excluding hydrogens is 240 g/mol. The minimum absolute atomic E-state index is 0.200. The first-order valence-corrected chi connectivity index (χ1v) is 6.65. The van der Waals surface area contributed by atoms with Gasteiger partial charge in [0.15, 0.2) is 0 Å². The van der Waals surface area contributed by atoms with Crippen molar-refractivity contribution in [3.05, 3.63) is 35.5 Å². The maximum atomic E-state index is 11.9. The number of aliphatic hydroxyl groups is 1. The summed E-state index contributed by atoms with van der Waals surface area (Å²) in [7, 11) is 0. The van der Waals surface area contributed by atoms with E-state index in [9.17, 15) is 4.79 Å². The number of carbonyl (C=O) groups excluding carboxylic acids is 1. The molecule has 0 saturated heterocycles. The largest absolute Gasteiger partial charge is 0.456 e. The zero-order valence-electron chi connectivity index (χ0n) is 12.7. The average molecular weight is 266 g/mol. The fourth-order valence-corrected chi connectivity index (χ4v) is 1.37. The van der Waals surface area contributed by atoms with Crippen LogP contribution in [0.1, 0.15) is 47.5 Å². The smallest absolute Gasteiger partial charge is 0.338 e. The fourth-order valence-electron chi connectivity index (χ4n) is 1.37. The average Bonchev–Trinajstić information content (AvgIpc) is 2.29. The number of ether oxygens (including phenoxy) is 1. The molecule has 108 valence electrons. The topological polar surface area (TPSA) is 46.5 Å². The van der Waals surface area contributed by atoms with Gasteiger partial charge in [0.25, 0.3) is 0 Å². The number of unbranched alkanes of at least 4 members (excludes halogenated alkanes) is 1. The van der Waals surface area contributed by atoms with Crippen molar-refractivity contribution in [3.63, 3.8) is 0 Å². The molecule has 3 nitrogen and oxygen atoms in total. The number of allylic oxidation sites excluding steroid dienone is 4. The van der Waals surface area contributed by atoms with E-state index < -0.39 is 5.60 Å². The molecule has 0 amide bonds. The second-order valence-corrected chi connectivity index (χ2v) is 5.40. The van der Waals surface area contributed by atoms with Crippen LogP contribution >= 0.6 is 0 Å². The van der Waals surface area contributed by atoms with Crippen LogP contribution in [-0.4, -0.2) is 23.3 Å². The zero-order chi connectivity index (χ0) is 14.9. The molecule has 0 fully saturated rings. The molecule has 0 radical (unpaired) electrons. The van der Waals surface area contributed by atoms with Gasteiger partial charge >= 0.3 is 5.97 Å². The van der Waals surface area contributed by atoms with Crippen molar-refractivity contribution in [1.82, 2.24) is 0 Å². The third-order valence-corrected chi connectivity index (χ3v) is 2.24. The van der Waals surface area contributed by atoms with Crippen LogP contribution in [-0.2, 0) is 9.53 Å². The summed E-state index contributed by atoms with van der Waals surface area (Å²) in [5, 5.41) is 8.68. The summed E-state index contributed by atoms with van der Waals surface area (Å²) < 4.78 is 5.33. The van der Waals surface area contributed by atoms with E-state index >= 15 is 0 Å². The van der Waals surface area contributed by atoms with Crippen LogP contribution in [0.2, 0.25) is 0 Å². The highest BCUT2D eigenvalue weighted by Gasteiger charge is 2.18. The van der Waals surface area contributed by atoms with E-state index in [0.29, 0.717) is 5.57 Å². The Morgan fingerprint density at radius 2 is 1.95 bits per heavy atom. The van der Waals surface area contributed by atoms with Gasteiger partial charge in [0.1, 0.15) is 5.60 Å². The molecule has 0 saturated carbocycles. The lowest BCUT2D eigenvalue weighted by Crippen LogP contribution is -2.24. The molecule has 0 spiro atoms. The van der Waals surface area contributed by atoms with E-state index in [1.54, 1.807) is 6.08 Å². The second kappa shape index (κ2) is 8.70. The number of aliphatic hydroxyl groups excluding tert-OH is 1. The van der Waals surface area contributed by atoms with Gasteiger partial charge in [-0.15, -0.1) is 0 Å². The first-order valence-electron chi connectivity index (χ1n) is 6.65. The van der Waals surface area contributed by atoms with Crippen molar-refractivity contribution >= 4 is 5.97 Å². The summed E-state index contributed by atoms with van der Waals surface area (Å²) in [4.78, 5) is 11.9. The van der Waals surface area contributed by atoms with Crippen molar-refractivity contribution in [2.45, 2.75) is 53.1 Å².